The van der Waals surface area contributed by atoms with Crippen molar-refractivity contribution in [2.75, 3.05) is 19.6 Å². The van der Waals surface area contributed by atoms with E-state index in [0.717, 1.165) is 12.0 Å². The maximum absolute atomic E-state index is 13.2. The van der Waals surface area contributed by atoms with Crippen LogP contribution in [0.15, 0.2) is 84.9 Å². The van der Waals surface area contributed by atoms with Crippen LogP contribution in [0.4, 0.5) is 4.39 Å². The Bertz CT molecular complexity index is 1060. The van der Waals surface area contributed by atoms with E-state index in [2.05, 4.69) is 29.6 Å². The van der Waals surface area contributed by atoms with Crippen LogP contribution < -0.4 is 5.32 Å². The van der Waals surface area contributed by atoms with Gasteiger partial charge in [-0.1, -0.05) is 60.7 Å². The lowest BCUT2D eigenvalue weighted by molar-refractivity contribution is -0.122. The molecule has 0 bridgehead atoms. The van der Waals surface area contributed by atoms with Crippen LogP contribution in [-0.4, -0.2) is 36.3 Å². The van der Waals surface area contributed by atoms with Gasteiger partial charge >= 0.3 is 0 Å². The van der Waals surface area contributed by atoms with Crippen LogP contribution in [-0.2, 0) is 16.6 Å². The Labute approximate surface area is 194 Å². The molecule has 5 heteroatoms. The smallest absolute Gasteiger partial charge is 0.253 e. The summed E-state index contributed by atoms with van der Waals surface area (Å²) in [5.41, 5.74) is 2.51. The Kier molecular flexibility index (Phi) is 7.18. The Morgan fingerprint density at radius 3 is 2.09 bits per heavy atom. The van der Waals surface area contributed by atoms with Crippen LogP contribution in [0.3, 0.4) is 0 Å². The van der Waals surface area contributed by atoms with E-state index in [9.17, 15) is 14.0 Å². The van der Waals surface area contributed by atoms with Gasteiger partial charge in [0.1, 0.15) is 5.82 Å². The molecule has 0 aromatic heterocycles. The van der Waals surface area contributed by atoms with Crippen molar-refractivity contribution in [1.29, 1.82) is 0 Å². The van der Waals surface area contributed by atoms with Gasteiger partial charge in [0, 0.05) is 37.0 Å². The first-order valence-electron chi connectivity index (χ1n) is 11.5. The lowest BCUT2D eigenvalue weighted by Gasteiger charge is -2.42. The molecule has 1 saturated heterocycles. The number of hydrogen-bond donors (Lipinski definition) is 1. The van der Waals surface area contributed by atoms with E-state index in [-0.39, 0.29) is 23.0 Å². The van der Waals surface area contributed by atoms with Crippen molar-refractivity contribution in [1.82, 2.24) is 10.2 Å². The summed E-state index contributed by atoms with van der Waals surface area (Å²) in [5.74, 6) is -0.413. The van der Waals surface area contributed by atoms with E-state index >= 15 is 0 Å². The minimum absolute atomic E-state index is 0.0353. The molecule has 0 atom stereocenters. The summed E-state index contributed by atoms with van der Waals surface area (Å²) in [5, 5.41) is 3.08. The van der Waals surface area contributed by atoms with Gasteiger partial charge in [-0.25, -0.2) is 4.39 Å². The van der Waals surface area contributed by atoms with Gasteiger partial charge in [-0.15, -0.1) is 0 Å². The fourth-order valence-electron chi connectivity index (χ4n) is 4.63. The molecule has 1 heterocycles. The predicted octanol–water partition coefficient (Wildman–Crippen LogP) is 4.75. The summed E-state index contributed by atoms with van der Waals surface area (Å²) < 4.78 is 13.2. The largest absolute Gasteiger partial charge is 0.356 e. The number of hydrogen-bond acceptors (Lipinski definition) is 2. The van der Waals surface area contributed by atoms with Crippen molar-refractivity contribution in [2.24, 2.45) is 0 Å². The molecule has 170 valence electrons. The van der Waals surface area contributed by atoms with Gasteiger partial charge in [0.05, 0.1) is 0 Å². The van der Waals surface area contributed by atoms with Crippen molar-refractivity contribution >= 4 is 11.8 Å². The minimum Gasteiger partial charge on any atom is -0.356 e. The zero-order valence-corrected chi connectivity index (χ0v) is 18.7. The summed E-state index contributed by atoms with van der Waals surface area (Å²) in [6, 6.07) is 25.9. The Balaban J connectivity index is 1.41. The highest BCUT2D eigenvalue weighted by molar-refractivity contribution is 5.94. The number of amides is 2. The summed E-state index contributed by atoms with van der Waals surface area (Å²) in [6.07, 6.45) is 2.60. The number of carbonyl (C=O) groups excluding carboxylic acids is 2. The van der Waals surface area contributed by atoms with Crippen molar-refractivity contribution < 1.29 is 14.0 Å². The third-order valence-corrected chi connectivity index (χ3v) is 6.56. The Morgan fingerprint density at radius 1 is 0.848 bits per heavy atom. The van der Waals surface area contributed by atoms with Gasteiger partial charge in [0.15, 0.2) is 0 Å². The van der Waals surface area contributed by atoms with Crippen LogP contribution in [0.5, 0.6) is 0 Å². The standard InChI is InChI=1S/C28H29FN2O2/c29-25-13-11-23(12-14-25)27(33)31-19-16-28(17-20-31,24-9-5-2-6-10-24)21-26(32)30-18-15-22-7-3-1-4-8-22/h1-14H,15-21H2,(H,30,32). The molecular formula is C28H29FN2O2. The highest BCUT2D eigenvalue weighted by atomic mass is 19.1. The quantitative estimate of drug-likeness (QED) is 0.572. The molecule has 4 rings (SSSR count). The monoisotopic (exact) mass is 444 g/mol. The zero-order chi connectivity index (χ0) is 23.1. The van der Waals surface area contributed by atoms with Crippen LogP contribution >= 0.6 is 0 Å². The number of carbonyl (C=O) groups is 2. The lowest BCUT2D eigenvalue weighted by atomic mass is 9.70. The number of benzene rings is 3. The third-order valence-electron chi connectivity index (χ3n) is 6.56. The summed E-state index contributed by atoms with van der Waals surface area (Å²) in [7, 11) is 0. The number of nitrogens with one attached hydrogen (secondary N) is 1. The van der Waals surface area contributed by atoms with Crippen molar-refractivity contribution in [3.8, 4) is 0 Å². The second-order valence-electron chi connectivity index (χ2n) is 8.71. The number of nitrogens with zero attached hydrogens (tertiary/aromatic N) is 1. The molecule has 3 aromatic rings. The van der Waals surface area contributed by atoms with Crippen LogP contribution in [0.1, 0.15) is 40.7 Å². The number of piperidine rings is 1. The fourth-order valence-corrected chi connectivity index (χ4v) is 4.63. The summed E-state index contributed by atoms with van der Waals surface area (Å²) in [4.78, 5) is 27.6. The van der Waals surface area contributed by atoms with E-state index in [1.54, 1.807) is 0 Å². The van der Waals surface area contributed by atoms with E-state index in [4.69, 9.17) is 0 Å². The number of halogens is 1. The molecule has 33 heavy (non-hydrogen) atoms. The number of likely N-dealkylation sites (tertiary alicyclic amines) is 1. The average molecular weight is 445 g/mol. The molecule has 2 amide bonds. The maximum Gasteiger partial charge on any atom is 0.253 e. The van der Waals surface area contributed by atoms with Gasteiger partial charge in [-0.2, -0.15) is 0 Å². The predicted molar refractivity (Wildman–Crippen MR) is 127 cm³/mol. The van der Waals surface area contributed by atoms with E-state index in [0.29, 0.717) is 44.5 Å². The highest BCUT2D eigenvalue weighted by Crippen LogP contribution is 2.39. The lowest BCUT2D eigenvalue weighted by Crippen LogP contribution is -2.47. The molecule has 0 saturated carbocycles. The Morgan fingerprint density at radius 2 is 1.45 bits per heavy atom. The molecular weight excluding hydrogens is 415 g/mol. The summed E-state index contributed by atoms with van der Waals surface area (Å²) in [6.45, 7) is 1.72. The van der Waals surface area contributed by atoms with Crippen molar-refractivity contribution in [3.05, 3.63) is 107 Å². The topological polar surface area (TPSA) is 49.4 Å². The molecule has 0 unspecified atom stereocenters. The van der Waals surface area contributed by atoms with Crippen molar-refractivity contribution in [2.45, 2.75) is 31.1 Å². The van der Waals surface area contributed by atoms with E-state index < -0.39 is 0 Å². The summed E-state index contributed by atoms with van der Waals surface area (Å²) >= 11 is 0. The van der Waals surface area contributed by atoms with Crippen LogP contribution in [0.2, 0.25) is 0 Å². The average Bonchev–Trinajstić information content (AvgIpc) is 2.86. The molecule has 1 fully saturated rings. The molecule has 0 radical (unpaired) electrons. The molecule has 1 aliphatic heterocycles. The molecule has 1 N–H and O–H groups in total. The Hall–Kier alpha value is -3.47. The normalized spacial score (nSPS) is 15.1. The minimum atomic E-state index is -0.355. The maximum atomic E-state index is 13.2. The van der Waals surface area contributed by atoms with Gasteiger partial charge < -0.3 is 10.2 Å². The van der Waals surface area contributed by atoms with Gasteiger partial charge in [-0.05, 0) is 54.7 Å². The highest BCUT2D eigenvalue weighted by Gasteiger charge is 2.39. The van der Waals surface area contributed by atoms with Crippen LogP contribution in [0.25, 0.3) is 0 Å². The molecule has 1 aliphatic rings. The molecule has 3 aromatic carbocycles. The zero-order valence-electron chi connectivity index (χ0n) is 18.7. The first-order chi connectivity index (χ1) is 16.1. The first kappa shape index (κ1) is 22.7. The van der Waals surface area contributed by atoms with Gasteiger partial charge in [0.2, 0.25) is 5.91 Å². The van der Waals surface area contributed by atoms with Crippen LogP contribution in [0, 0.1) is 5.82 Å². The molecule has 0 aliphatic carbocycles. The second kappa shape index (κ2) is 10.4. The fraction of sp³-hybridized carbons (Fsp3) is 0.286. The molecule has 4 nitrogen and oxygen atoms in total. The molecule has 0 spiro atoms. The van der Waals surface area contributed by atoms with Crippen molar-refractivity contribution in [3.63, 3.8) is 0 Å². The first-order valence-corrected chi connectivity index (χ1v) is 11.5. The van der Waals surface area contributed by atoms with E-state index in [1.165, 1.54) is 29.8 Å². The van der Waals surface area contributed by atoms with Gasteiger partial charge in [0.25, 0.3) is 5.91 Å². The SMILES string of the molecule is O=C(CC1(c2ccccc2)CCN(C(=O)c2ccc(F)cc2)CC1)NCCc1ccccc1. The number of rotatable bonds is 7. The van der Waals surface area contributed by atoms with Gasteiger partial charge in [-0.3, -0.25) is 9.59 Å². The third kappa shape index (κ3) is 5.67. The van der Waals surface area contributed by atoms with E-state index in [1.807, 2.05) is 41.3 Å². The second-order valence-corrected chi connectivity index (χ2v) is 8.71.